The number of carbonyl (C=O) groups is 1. The lowest BCUT2D eigenvalue weighted by Crippen LogP contribution is -2.39. The first-order valence-electron chi connectivity index (χ1n) is 6.64. The number of hydrogen-bond acceptors (Lipinski definition) is 2. The molecule has 0 aliphatic heterocycles. The van der Waals surface area contributed by atoms with Gasteiger partial charge in [-0.15, -0.1) is 0 Å². The van der Waals surface area contributed by atoms with Gasteiger partial charge in [0.05, 0.1) is 0 Å². The number of amides is 1. The van der Waals surface area contributed by atoms with Crippen molar-refractivity contribution in [1.29, 1.82) is 0 Å². The first kappa shape index (κ1) is 12.9. The fraction of sp³-hybridized carbons (Fsp3) is 0.533. The molecule has 0 aromatic heterocycles. The van der Waals surface area contributed by atoms with E-state index in [9.17, 15) is 9.90 Å². The normalized spacial score (nSPS) is 23.7. The van der Waals surface area contributed by atoms with Gasteiger partial charge in [0.1, 0.15) is 5.75 Å². The minimum atomic E-state index is 0.0505. The van der Waals surface area contributed by atoms with Gasteiger partial charge in [-0.1, -0.05) is 6.92 Å². The Morgan fingerprint density at radius 2 is 1.72 bits per heavy atom. The molecule has 2 rings (SSSR count). The van der Waals surface area contributed by atoms with E-state index in [1.165, 1.54) is 12.8 Å². The van der Waals surface area contributed by atoms with Gasteiger partial charge < -0.3 is 10.0 Å². The average Bonchev–Trinajstić information content (AvgIpc) is 2.39. The molecular formula is C15H21NO2. The monoisotopic (exact) mass is 247 g/mol. The Bertz CT molecular complexity index is 405. The maximum atomic E-state index is 12.3. The number of rotatable bonds is 2. The highest BCUT2D eigenvalue weighted by Crippen LogP contribution is 2.27. The van der Waals surface area contributed by atoms with Crippen molar-refractivity contribution in [2.45, 2.75) is 38.6 Å². The highest BCUT2D eigenvalue weighted by Gasteiger charge is 2.25. The summed E-state index contributed by atoms with van der Waals surface area (Å²) < 4.78 is 0. The zero-order valence-corrected chi connectivity index (χ0v) is 11.1. The third kappa shape index (κ3) is 2.84. The zero-order valence-electron chi connectivity index (χ0n) is 11.1. The average molecular weight is 247 g/mol. The molecular weight excluding hydrogens is 226 g/mol. The summed E-state index contributed by atoms with van der Waals surface area (Å²) in [6.45, 7) is 2.28. The van der Waals surface area contributed by atoms with Crippen molar-refractivity contribution in [3.63, 3.8) is 0 Å². The molecule has 0 bridgehead atoms. The summed E-state index contributed by atoms with van der Waals surface area (Å²) in [5.74, 6) is 1.04. The van der Waals surface area contributed by atoms with Crippen molar-refractivity contribution >= 4 is 5.91 Å². The molecule has 0 radical (unpaired) electrons. The molecule has 3 nitrogen and oxygen atoms in total. The number of phenolic OH excluding ortho intramolecular Hbond substituents is 1. The molecule has 98 valence electrons. The van der Waals surface area contributed by atoms with E-state index in [1.54, 1.807) is 24.3 Å². The van der Waals surface area contributed by atoms with Crippen LogP contribution in [0.4, 0.5) is 0 Å². The SMILES string of the molecule is CC1CCC(N(C)C(=O)c2ccc(O)cc2)CC1. The van der Waals surface area contributed by atoms with Crippen LogP contribution in [0.5, 0.6) is 5.75 Å². The summed E-state index contributed by atoms with van der Waals surface area (Å²) in [5, 5.41) is 9.23. The largest absolute Gasteiger partial charge is 0.508 e. The van der Waals surface area contributed by atoms with Crippen LogP contribution in [0.2, 0.25) is 0 Å². The molecule has 0 atom stereocenters. The summed E-state index contributed by atoms with van der Waals surface area (Å²) in [5.41, 5.74) is 0.647. The molecule has 0 saturated heterocycles. The van der Waals surface area contributed by atoms with E-state index in [-0.39, 0.29) is 11.7 Å². The van der Waals surface area contributed by atoms with Crippen LogP contribution in [0, 0.1) is 5.92 Å². The summed E-state index contributed by atoms with van der Waals surface area (Å²) in [6, 6.07) is 6.84. The summed E-state index contributed by atoms with van der Waals surface area (Å²) in [4.78, 5) is 14.1. The fourth-order valence-electron chi connectivity index (χ4n) is 2.60. The fourth-order valence-corrected chi connectivity index (χ4v) is 2.60. The van der Waals surface area contributed by atoms with Gasteiger partial charge in [0.2, 0.25) is 0 Å². The Morgan fingerprint density at radius 3 is 2.28 bits per heavy atom. The number of hydrogen-bond donors (Lipinski definition) is 1. The minimum absolute atomic E-state index is 0.0505. The quantitative estimate of drug-likeness (QED) is 0.872. The molecule has 0 heterocycles. The van der Waals surface area contributed by atoms with Crippen LogP contribution < -0.4 is 0 Å². The second-order valence-electron chi connectivity index (χ2n) is 5.38. The van der Waals surface area contributed by atoms with Crippen molar-refractivity contribution in [3.05, 3.63) is 29.8 Å². The van der Waals surface area contributed by atoms with Gasteiger partial charge in [-0.05, 0) is 55.9 Å². The lowest BCUT2D eigenvalue weighted by molar-refractivity contribution is 0.0679. The third-order valence-electron chi connectivity index (χ3n) is 3.97. The molecule has 1 saturated carbocycles. The van der Waals surface area contributed by atoms with Crippen LogP contribution in [0.1, 0.15) is 43.0 Å². The number of carbonyl (C=O) groups excluding carboxylic acids is 1. The molecule has 3 heteroatoms. The van der Waals surface area contributed by atoms with E-state index in [0.29, 0.717) is 11.6 Å². The first-order valence-corrected chi connectivity index (χ1v) is 6.64. The molecule has 18 heavy (non-hydrogen) atoms. The molecule has 1 fully saturated rings. The number of phenols is 1. The summed E-state index contributed by atoms with van der Waals surface area (Å²) in [6.07, 6.45) is 4.61. The second-order valence-corrected chi connectivity index (χ2v) is 5.38. The Labute approximate surface area is 108 Å². The molecule has 1 N–H and O–H groups in total. The number of nitrogens with zero attached hydrogens (tertiary/aromatic N) is 1. The maximum absolute atomic E-state index is 12.3. The van der Waals surface area contributed by atoms with Crippen molar-refractivity contribution in [3.8, 4) is 5.75 Å². The van der Waals surface area contributed by atoms with Gasteiger partial charge in [0, 0.05) is 18.7 Å². The second kappa shape index (κ2) is 5.42. The number of aromatic hydroxyl groups is 1. The summed E-state index contributed by atoms with van der Waals surface area (Å²) in [7, 11) is 1.88. The van der Waals surface area contributed by atoms with E-state index in [4.69, 9.17) is 0 Å². The van der Waals surface area contributed by atoms with Crippen LogP contribution >= 0.6 is 0 Å². The standard InChI is InChI=1S/C15H21NO2/c1-11-3-7-13(8-4-11)16(2)15(18)12-5-9-14(17)10-6-12/h5-6,9-11,13,17H,3-4,7-8H2,1-2H3. The Hall–Kier alpha value is -1.51. The Morgan fingerprint density at radius 1 is 1.17 bits per heavy atom. The van der Waals surface area contributed by atoms with E-state index in [0.717, 1.165) is 18.8 Å². The van der Waals surface area contributed by atoms with E-state index in [1.807, 2.05) is 11.9 Å². The molecule has 0 spiro atoms. The van der Waals surface area contributed by atoms with Crippen LogP contribution in [-0.4, -0.2) is 29.0 Å². The summed E-state index contributed by atoms with van der Waals surface area (Å²) >= 11 is 0. The molecule has 0 unspecified atom stereocenters. The van der Waals surface area contributed by atoms with Crippen molar-refractivity contribution in [1.82, 2.24) is 4.90 Å². The Kier molecular flexibility index (Phi) is 3.90. The van der Waals surface area contributed by atoms with Crippen LogP contribution in [0.3, 0.4) is 0 Å². The highest BCUT2D eigenvalue weighted by molar-refractivity contribution is 5.94. The third-order valence-corrected chi connectivity index (χ3v) is 3.97. The van der Waals surface area contributed by atoms with Crippen molar-refractivity contribution in [2.75, 3.05) is 7.05 Å². The van der Waals surface area contributed by atoms with Crippen LogP contribution in [0.25, 0.3) is 0 Å². The smallest absolute Gasteiger partial charge is 0.253 e. The van der Waals surface area contributed by atoms with E-state index in [2.05, 4.69) is 6.92 Å². The van der Waals surface area contributed by atoms with E-state index >= 15 is 0 Å². The molecule has 1 aliphatic rings. The van der Waals surface area contributed by atoms with Gasteiger partial charge in [0.25, 0.3) is 5.91 Å². The van der Waals surface area contributed by atoms with Gasteiger partial charge in [-0.3, -0.25) is 4.79 Å². The molecule has 1 aliphatic carbocycles. The van der Waals surface area contributed by atoms with Crippen LogP contribution in [0.15, 0.2) is 24.3 Å². The molecule has 1 aromatic carbocycles. The van der Waals surface area contributed by atoms with Gasteiger partial charge in [-0.25, -0.2) is 0 Å². The lowest BCUT2D eigenvalue weighted by atomic mass is 9.86. The van der Waals surface area contributed by atoms with Gasteiger partial charge in [0.15, 0.2) is 0 Å². The number of benzene rings is 1. The lowest BCUT2D eigenvalue weighted by Gasteiger charge is -2.33. The predicted octanol–water partition coefficient (Wildman–Crippen LogP) is 3.04. The van der Waals surface area contributed by atoms with E-state index < -0.39 is 0 Å². The van der Waals surface area contributed by atoms with Gasteiger partial charge >= 0.3 is 0 Å². The first-order chi connectivity index (χ1) is 8.58. The van der Waals surface area contributed by atoms with Crippen molar-refractivity contribution in [2.24, 2.45) is 5.92 Å². The topological polar surface area (TPSA) is 40.5 Å². The van der Waals surface area contributed by atoms with Crippen molar-refractivity contribution < 1.29 is 9.90 Å². The minimum Gasteiger partial charge on any atom is -0.508 e. The van der Waals surface area contributed by atoms with Crippen LogP contribution in [-0.2, 0) is 0 Å². The highest BCUT2D eigenvalue weighted by atomic mass is 16.3. The molecule has 1 aromatic rings. The molecule has 1 amide bonds. The Balaban J connectivity index is 2.02. The van der Waals surface area contributed by atoms with Gasteiger partial charge in [-0.2, -0.15) is 0 Å². The predicted molar refractivity (Wildman–Crippen MR) is 71.6 cm³/mol. The maximum Gasteiger partial charge on any atom is 0.253 e. The zero-order chi connectivity index (χ0) is 13.1.